The van der Waals surface area contributed by atoms with E-state index in [0.29, 0.717) is 37.8 Å². The Kier molecular flexibility index (Phi) is 4.01. The number of ether oxygens (including phenoxy) is 1. The van der Waals surface area contributed by atoms with Crippen LogP contribution in [-0.4, -0.2) is 29.7 Å². The van der Waals surface area contributed by atoms with Gasteiger partial charge in [0.05, 0.1) is 13.2 Å². The molecule has 3 fully saturated rings. The number of terminal acetylenes is 1. The fourth-order valence-electron chi connectivity index (χ4n) is 4.09. The van der Waals surface area contributed by atoms with Crippen LogP contribution in [0, 0.1) is 29.1 Å². The summed E-state index contributed by atoms with van der Waals surface area (Å²) in [4.78, 5) is 10.4. The summed E-state index contributed by atoms with van der Waals surface area (Å²) < 4.78 is 4.92. The van der Waals surface area contributed by atoms with Gasteiger partial charge >= 0.3 is 0 Å². The van der Waals surface area contributed by atoms with Crippen LogP contribution >= 0.6 is 0 Å². The van der Waals surface area contributed by atoms with Crippen LogP contribution in [0.1, 0.15) is 52.9 Å². The number of hydrogen-bond donors (Lipinski definition) is 1. The van der Waals surface area contributed by atoms with Crippen LogP contribution in [0.25, 0.3) is 0 Å². The van der Waals surface area contributed by atoms with Crippen molar-refractivity contribution >= 4 is 5.78 Å². The van der Waals surface area contributed by atoms with Gasteiger partial charge in [0.1, 0.15) is 11.4 Å². The largest absolute Gasteiger partial charge is 0.381 e. The van der Waals surface area contributed by atoms with E-state index in [9.17, 15) is 9.90 Å². The topological polar surface area (TPSA) is 46.5 Å². The summed E-state index contributed by atoms with van der Waals surface area (Å²) in [5, 5.41) is 10.3. The summed E-state index contributed by atoms with van der Waals surface area (Å²) in [5.41, 5.74) is -0.715. The molecule has 1 saturated heterocycles. The van der Waals surface area contributed by atoms with Gasteiger partial charge in [0.15, 0.2) is 0 Å². The highest BCUT2D eigenvalue weighted by Gasteiger charge is 2.67. The number of hydrogen-bond acceptors (Lipinski definition) is 3. The van der Waals surface area contributed by atoms with E-state index in [1.807, 2.05) is 0 Å². The van der Waals surface area contributed by atoms with Crippen molar-refractivity contribution in [3.05, 3.63) is 0 Å². The van der Waals surface area contributed by atoms with Gasteiger partial charge in [-0.3, -0.25) is 4.79 Å². The fraction of sp³-hybridized carbons (Fsp3) is 0.824. The highest BCUT2D eigenvalue weighted by atomic mass is 16.5. The van der Waals surface area contributed by atoms with E-state index in [1.54, 1.807) is 0 Å². The first-order chi connectivity index (χ1) is 9.27. The third-order valence-corrected chi connectivity index (χ3v) is 6.18. The molecule has 0 aromatic heterocycles. The number of rotatable bonds is 0. The molecule has 2 saturated carbocycles. The van der Waals surface area contributed by atoms with Crippen molar-refractivity contribution in [1.29, 1.82) is 0 Å². The molecule has 0 spiro atoms. The molecule has 1 heterocycles. The Morgan fingerprint density at radius 2 is 1.90 bits per heavy atom. The minimum Gasteiger partial charge on any atom is -0.381 e. The Balaban J connectivity index is 0.000000178. The Hall–Kier alpha value is -0.850. The van der Waals surface area contributed by atoms with Gasteiger partial charge in [-0.05, 0) is 30.6 Å². The van der Waals surface area contributed by atoms with E-state index in [4.69, 9.17) is 11.2 Å². The first-order valence-electron chi connectivity index (χ1n) is 7.56. The summed E-state index contributed by atoms with van der Waals surface area (Å²) in [7, 11) is 0. The third kappa shape index (κ3) is 2.19. The molecule has 0 aromatic carbocycles. The van der Waals surface area contributed by atoms with Crippen LogP contribution in [0.4, 0.5) is 0 Å². The molecule has 3 aliphatic rings. The van der Waals surface area contributed by atoms with Crippen molar-refractivity contribution in [2.75, 3.05) is 13.2 Å². The van der Waals surface area contributed by atoms with Gasteiger partial charge in [0.2, 0.25) is 0 Å². The lowest BCUT2D eigenvalue weighted by atomic mass is 9.65. The molecule has 3 rings (SSSR count). The first kappa shape index (κ1) is 15.5. The molecular formula is C17H26O3. The van der Waals surface area contributed by atoms with Crippen molar-refractivity contribution < 1.29 is 14.6 Å². The zero-order valence-corrected chi connectivity index (χ0v) is 12.9. The molecule has 2 bridgehead atoms. The number of carbonyl (C=O) groups is 1. The van der Waals surface area contributed by atoms with Crippen LogP contribution in [0.15, 0.2) is 0 Å². The van der Waals surface area contributed by atoms with Gasteiger partial charge in [-0.1, -0.05) is 26.7 Å². The lowest BCUT2D eigenvalue weighted by molar-refractivity contribution is -0.124. The second-order valence-electron chi connectivity index (χ2n) is 7.15. The molecule has 112 valence electrons. The second kappa shape index (κ2) is 5.16. The lowest BCUT2D eigenvalue weighted by Gasteiger charge is -2.42. The molecule has 3 atom stereocenters. The summed E-state index contributed by atoms with van der Waals surface area (Å²) in [6.45, 7) is 7.93. The maximum absolute atomic E-state index is 10.4. The smallest absolute Gasteiger partial charge is 0.137 e. The van der Waals surface area contributed by atoms with Gasteiger partial charge in [-0.15, -0.1) is 6.42 Å². The number of carbonyl (C=O) groups excluding carboxylic acids is 1. The van der Waals surface area contributed by atoms with Crippen molar-refractivity contribution in [2.45, 2.75) is 58.5 Å². The first-order valence-corrected chi connectivity index (χ1v) is 7.56. The van der Waals surface area contributed by atoms with Crippen molar-refractivity contribution in [1.82, 2.24) is 0 Å². The van der Waals surface area contributed by atoms with Crippen molar-refractivity contribution in [3.8, 4) is 12.3 Å². The molecule has 1 N–H and O–H groups in total. The summed E-state index contributed by atoms with van der Waals surface area (Å²) in [5.74, 6) is 3.57. The van der Waals surface area contributed by atoms with Crippen LogP contribution in [0.3, 0.4) is 0 Å². The molecule has 0 unspecified atom stereocenters. The molecule has 3 nitrogen and oxygen atoms in total. The highest BCUT2D eigenvalue weighted by molar-refractivity contribution is 5.79. The van der Waals surface area contributed by atoms with Crippen molar-refractivity contribution in [2.24, 2.45) is 16.7 Å². The Morgan fingerprint density at radius 1 is 1.30 bits per heavy atom. The average Bonchev–Trinajstić information content (AvgIpc) is 2.72. The minimum absolute atomic E-state index is 0.0700. The molecule has 1 aliphatic heterocycles. The standard InChI is InChI=1S/C12H18O.C5H8O2/c1-5-12(13)8-9-6-7-11(12,4)10(9,2)3;6-5-1-3-7-4-2-5/h1,9,13H,6-8H2,2-4H3;1-4H2/t9-,11-,12-;/m0./s1. The zero-order valence-electron chi connectivity index (χ0n) is 12.9. The Bertz CT molecular complexity index is 426. The second-order valence-corrected chi connectivity index (χ2v) is 7.15. The normalized spacial score (nSPS) is 41.8. The molecule has 0 radical (unpaired) electrons. The quantitative estimate of drug-likeness (QED) is 0.693. The van der Waals surface area contributed by atoms with Crippen molar-refractivity contribution in [3.63, 3.8) is 0 Å². The van der Waals surface area contributed by atoms with Crippen LogP contribution in [-0.2, 0) is 9.53 Å². The van der Waals surface area contributed by atoms with E-state index in [2.05, 4.69) is 26.7 Å². The summed E-state index contributed by atoms with van der Waals surface area (Å²) >= 11 is 0. The van der Waals surface area contributed by atoms with Gasteiger partial charge in [-0.25, -0.2) is 0 Å². The van der Waals surface area contributed by atoms with Gasteiger partial charge < -0.3 is 9.84 Å². The molecule has 0 amide bonds. The average molecular weight is 278 g/mol. The van der Waals surface area contributed by atoms with Gasteiger partial charge in [0, 0.05) is 18.3 Å². The molecule has 2 aliphatic carbocycles. The van der Waals surface area contributed by atoms with Crippen LogP contribution in [0.5, 0.6) is 0 Å². The maximum Gasteiger partial charge on any atom is 0.137 e. The van der Waals surface area contributed by atoms with Gasteiger partial charge in [-0.2, -0.15) is 0 Å². The van der Waals surface area contributed by atoms with E-state index in [1.165, 1.54) is 6.42 Å². The predicted octanol–water partition coefficient (Wildman–Crippen LogP) is 2.56. The monoisotopic (exact) mass is 278 g/mol. The molecule has 20 heavy (non-hydrogen) atoms. The lowest BCUT2D eigenvalue weighted by Crippen LogP contribution is -2.45. The SMILES string of the molecule is C#C[C@]1(O)C[C@@H]2CC[C@@]1(C)C2(C)C.O=C1CCOCC1. The molecule has 3 heteroatoms. The number of aliphatic hydroxyl groups is 1. The molecular weight excluding hydrogens is 252 g/mol. The van der Waals surface area contributed by atoms with E-state index in [-0.39, 0.29) is 10.8 Å². The van der Waals surface area contributed by atoms with Gasteiger partial charge in [0.25, 0.3) is 0 Å². The summed E-state index contributed by atoms with van der Waals surface area (Å²) in [6.07, 6.45) is 9.81. The van der Waals surface area contributed by atoms with Crippen LogP contribution in [0.2, 0.25) is 0 Å². The highest BCUT2D eigenvalue weighted by Crippen LogP contribution is 2.69. The third-order valence-electron chi connectivity index (χ3n) is 6.18. The van der Waals surface area contributed by atoms with Crippen LogP contribution < -0.4 is 0 Å². The Morgan fingerprint density at radius 3 is 2.15 bits per heavy atom. The number of fused-ring (bicyclic) bond motifs is 2. The fourth-order valence-corrected chi connectivity index (χ4v) is 4.09. The number of Topliss-reactive ketones (excluding diaryl/α,β-unsaturated/α-hetero) is 1. The Labute approximate surface area is 122 Å². The number of ketones is 1. The molecule has 0 aromatic rings. The predicted molar refractivity (Wildman–Crippen MR) is 78.1 cm³/mol. The van der Waals surface area contributed by atoms with E-state index in [0.717, 1.165) is 12.8 Å². The van der Waals surface area contributed by atoms with E-state index >= 15 is 0 Å². The zero-order chi connectivity index (χ0) is 15.0. The van der Waals surface area contributed by atoms with E-state index < -0.39 is 5.60 Å². The maximum atomic E-state index is 10.4. The summed E-state index contributed by atoms with van der Waals surface area (Å²) in [6, 6.07) is 0. The minimum atomic E-state index is -0.848.